The lowest BCUT2D eigenvalue weighted by atomic mass is 10.1. The second kappa shape index (κ2) is 15.3. The fourth-order valence-corrected chi connectivity index (χ4v) is 2.90. The first kappa shape index (κ1) is 25.4. The first-order valence-corrected chi connectivity index (χ1v) is 10.6. The molecule has 2 amide bonds. The smallest absolute Gasteiger partial charge is 0.407 e. The maximum atomic E-state index is 12.0. The molecule has 1 rings (SSSR count). The van der Waals surface area contributed by atoms with Crippen molar-refractivity contribution in [3.8, 4) is 0 Å². The van der Waals surface area contributed by atoms with Crippen LogP contribution in [0.25, 0.3) is 0 Å². The van der Waals surface area contributed by atoms with Crippen LogP contribution in [0.4, 0.5) is 4.79 Å². The van der Waals surface area contributed by atoms with E-state index in [0.717, 1.165) is 37.7 Å². The van der Waals surface area contributed by atoms with Crippen molar-refractivity contribution in [1.29, 1.82) is 0 Å². The van der Waals surface area contributed by atoms with E-state index in [1.54, 1.807) is 0 Å². The summed E-state index contributed by atoms with van der Waals surface area (Å²) in [5.74, 6) is -1.66. The molecule has 1 aromatic carbocycles. The van der Waals surface area contributed by atoms with E-state index in [0.29, 0.717) is 6.42 Å². The Morgan fingerprint density at radius 1 is 1.03 bits per heavy atom. The number of rotatable bonds is 15. The minimum atomic E-state index is -1.14. The van der Waals surface area contributed by atoms with Crippen LogP contribution in [0.5, 0.6) is 0 Å². The van der Waals surface area contributed by atoms with Gasteiger partial charge in [0.1, 0.15) is 12.6 Å². The van der Waals surface area contributed by atoms with Gasteiger partial charge in [0, 0.05) is 6.54 Å². The Labute approximate surface area is 178 Å². The highest BCUT2D eigenvalue weighted by molar-refractivity contribution is 5.83. The van der Waals surface area contributed by atoms with Gasteiger partial charge in [-0.2, -0.15) is 0 Å². The number of carbonyl (C=O) groups excluding carboxylic acids is 2. The molecule has 0 unspecified atom stereocenters. The maximum Gasteiger partial charge on any atom is 0.407 e. The number of nitrogens with one attached hydrogen (secondary N) is 2. The molecule has 4 N–H and O–H groups in total. The van der Waals surface area contributed by atoms with Crippen LogP contribution < -0.4 is 10.6 Å². The van der Waals surface area contributed by atoms with E-state index in [9.17, 15) is 24.6 Å². The van der Waals surface area contributed by atoms with Crippen molar-refractivity contribution in [1.82, 2.24) is 10.6 Å². The summed E-state index contributed by atoms with van der Waals surface area (Å²) in [6.07, 6.45) is 4.36. The number of aliphatic hydroxyl groups is 1. The van der Waals surface area contributed by atoms with Crippen molar-refractivity contribution in [2.75, 3.05) is 6.54 Å². The molecule has 2 atom stereocenters. The van der Waals surface area contributed by atoms with E-state index in [1.165, 1.54) is 6.42 Å². The topological polar surface area (TPSA) is 125 Å². The van der Waals surface area contributed by atoms with E-state index < -0.39 is 30.1 Å². The van der Waals surface area contributed by atoms with Crippen LogP contribution in [0.15, 0.2) is 30.3 Å². The summed E-state index contributed by atoms with van der Waals surface area (Å²) < 4.78 is 5.02. The highest BCUT2D eigenvalue weighted by Gasteiger charge is 2.21. The average Bonchev–Trinajstić information content (AvgIpc) is 2.72. The van der Waals surface area contributed by atoms with Gasteiger partial charge < -0.3 is 25.6 Å². The predicted octanol–water partition coefficient (Wildman–Crippen LogP) is 2.98. The fraction of sp³-hybridized carbons (Fsp3) is 0.591. The molecule has 0 saturated carbocycles. The number of carbonyl (C=O) groups is 3. The van der Waals surface area contributed by atoms with E-state index in [4.69, 9.17) is 4.74 Å². The Hall–Kier alpha value is -2.61. The third kappa shape index (κ3) is 12.1. The largest absolute Gasteiger partial charge is 0.480 e. The monoisotopic (exact) mass is 422 g/mol. The van der Waals surface area contributed by atoms with E-state index in [2.05, 4.69) is 17.6 Å². The second-order valence-corrected chi connectivity index (χ2v) is 7.32. The summed E-state index contributed by atoms with van der Waals surface area (Å²) in [7, 11) is 0. The van der Waals surface area contributed by atoms with Crippen LogP contribution >= 0.6 is 0 Å². The molecule has 0 fully saturated rings. The first-order chi connectivity index (χ1) is 14.4. The minimum Gasteiger partial charge on any atom is -0.480 e. The number of carboxylic acid groups (broad SMARTS) is 1. The van der Waals surface area contributed by atoms with Gasteiger partial charge in [0.15, 0.2) is 0 Å². The lowest BCUT2D eigenvalue weighted by Gasteiger charge is -2.16. The fourth-order valence-electron chi connectivity index (χ4n) is 2.90. The van der Waals surface area contributed by atoms with Gasteiger partial charge in [0.05, 0.1) is 12.5 Å². The number of hydrogen-bond acceptors (Lipinski definition) is 5. The molecule has 0 aliphatic carbocycles. The van der Waals surface area contributed by atoms with Gasteiger partial charge in [-0.15, -0.1) is 0 Å². The second-order valence-electron chi connectivity index (χ2n) is 7.32. The number of benzene rings is 1. The zero-order valence-electron chi connectivity index (χ0n) is 17.6. The lowest BCUT2D eigenvalue weighted by Crippen LogP contribution is -2.43. The van der Waals surface area contributed by atoms with Gasteiger partial charge in [-0.25, -0.2) is 9.59 Å². The number of alkyl carbamates (subject to hydrolysis) is 1. The highest BCUT2D eigenvalue weighted by Crippen LogP contribution is 2.09. The van der Waals surface area contributed by atoms with E-state index >= 15 is 0 Å². The summed E-state index contributed by atoms with van der Waals surface area (Å²) >= 11 is 0. The van der Waals surface area contributed by atoms with Crippen LogP contribution in [0.1, 0.15) is 63.9 Å². The Bertz CT molecular complexity index is 638. The van der Waals surface area contributed by atoms with E-state index in [-0.39, 0.29) is 19.6 Å². The predicted molar refractivity (Wildman–Crippen MR) is 113 cm³/mol. The first-order valence-electron chi connectivity index (χ1n) is 10.6. The van der Waals surface area contributed by atoms with Gasteiger partial charge >= 0.3 is 12.1 Å². The number of aliphatic carboxylic acids is 1. The van der Waals surface area contributed by atoms with Crippen molar-refractivity contribution in [3.05, 3.63) is 35.9 Å². The van der Waals surface area contributed by atoms with Crippen molar-refractivity contribution in [2.45, 2.75) is 77.0 Å². The highest BCUT2D eigenvalue weighted by atomic mass is 16.5. The average molecular weight is 423 g/mol. The van der Waals surface area contributed by atoms with Crippen LogP contribution in [-0.2, 0) is 20.9 Å². The summed E-state index contributed by atoms with van der Waals surface area (Å²) in [5.41, 5.74) is 0.831. The molecule has 0 aliphatic rings. The Balaban J connectivity index is 2.23. The SMILES string of the molecule is CCCCCCCC[C@H](NC(=O)C[C@H](O)CNC(=O)OCc1ccccc1)C(=O)O. The molecule has 0 aromatic heterocycles. The third-order valence-corrected chi connectivity index (χ3v) is 4.60. The van der Waals surface area contributed by atoms with Crippen LogP contribution in [0, 0.1) is 0 Å². The third-order valence-electron chi connectivity index (χ3n) is 4.60. The summed E-state index contributed by atoms with van der Waals surface area (Å²) in [4.78, 5) is 35.0. The molecule has 0 saturated heterocycles. The van der Waals surface area contributed by atoms with Crippen molar-refractivity contribution in [2.24, 2.45) is 0 Å². The molecular formula is C22H34N2O6. The Morgan fingerprint density at radius 3 is 2.37 bits per heavy atom. The van der Waals surface area contributed by atoms with Gasteiger partial charge in [0.2, 0.25) is 5.91 Å². The van der Waals surface area contributed by atoms with Gasteiger partial charge in [-0.05, 0) is 12.0 Å². The van der Waals surface area contributed by atoms with Crippen molar-refractivity contribution in [3.63, 3.8) is 0 Å². The number of hydrogen-bond donors (Lipinski definition) is 4. The quantitative estimate of drug-likeness (QED) is 0.322. The molecule has 8 nitrogen and oxygen atoms in total. The molecule has 0 radical (unpaired) electrons. The zero-order valence-corrected chi connectivity index (χ0v) is 17.6. The maximum absolute atomic E-state index is 12.0. The molecule has 30 heavy (non-hydrogen) atoms. The molecule has 0 heterocycles. The number of ether oxygens (including phenoxy) is 1. The molecule has 1 aromatic rings. The molecule has 0 aliphatic heterocycles. The van der Waals surface area contributed by atoms with Gasteiger partial charge in [-0.1, -0.05) is 75.8 Å². The summed E-state index contributed by atoms with van der Waals surface area (Å²) in [5, 5.41) is 24.0. The Kier molecular flexibility index (Phi) is 12.9. The standard InChI is InChI=1S/C22H34N2O6/c1-2-3-4-5-6-10-13-19(21(27)28)24-20(26)14-18(25)15-23-22(29)30-16-17-11-8-7-9-12-17/h7-9,11-12,18-19,25H,2-6,10,13-16H2,1H3,(H,23,29)(H,24,26)(H,27,28)/t18-,19-/m0/s1. The van der Waals surface area contributed by atoms with Gasteiger partial charge in [0.25, 0.3) is 0 Å². The Morgan fingerprint density at radius 2 is 1.70 bits per heavy atom. The number of unbranched alkanes of at least 4 members (excludes halogenated alkanes) is 5. The molecule has 8 heteroatoms. The number of aliphatic hydroxyl groups excluding tert-OH is 1. The minimum absolute atomic E-state index is 0.0992. The number of amides is 2. The molecule has 0 bridgehead atoms. The van der Waals surface area contributed by atoms with Crippen molar-refractivity contribution >= 4 is 18.0 Å². The molecular weight excluding hydrogens is 388 g/mol. The summed E-state index contributed by atoms with van der Waals surface area (Å²) in [6, 6.07) is 8.17. The summed E-state index contributed by atoms with van der Waals surface area (Å²) in [6.45, 7) is 2.06. The van der Waals surface area contributed by atoms with Crippen LogP contribution in [0.2, 0.25) is 0 Å². The van der Waals surface area contributed by atoms with Crippen LogP contribution in [0.3, 0.4) is 0 Å². The van der Waals surface area contributed by atoms with E-state index in [1.807, 2.05) is 30.3 Å². The number of carboxylic acids is 1. The molecule has 168 valence electrons. The van der Waals surface area contributed by atoms with Crippen LogP contribution in [-0.4, -0.2) is 46.9 Å². The van der Waals surface area contributed by atoms with Gasteiger partial charge in [-0.3, -0.25) is 4.79 Å². The lowest BCUT2D eigenvalue weighted by molar-refractivity contribution is -0.142. The van der Waals surface area contributed by atoms with Crippen molar-refractivity contribution < 1.29 is 29.3 Å². The molecule has 0 spiro atoms. The normalized spacial score (nSPS) is 12.6. The zero-order chi connectivity index (χ0) is 22.2.